The van der Waals surface area contributed by atoms with Crippen LogP contribution in [0.15, 0.2) is 0 Å². The van der Waals surface area contributed by atoms with Crippen molar-refractivity contribution in [3.8, 4) is 0 Å². The van der Waals surface area contributed by atoms with Crippen LogP contribution in [-0.2, 0) is 19.1 Å². The molecule has 0 aliphatic rings. The third-order valence-corrected chi connectivity index (χ3v) is 3.22. The van der Waals surface area contributed by atoms with E-state index in [4.69, 9.17) is 9.47 Å². The number of rotatable bonds is 10. The molecule has 1 unspecified atom stereocenters. The van der Waals surface area contributed by atoms with E-state index >= 15 is 0 Å². The van der Waals surface area contributed by atoms with Gasteiger partial charge < -0.3 is 9.47 Å². The van der Waals surface area contributed by atoms with Gasteiger partial charge in [-0.05, 0) is 17.8 Å². The highest BCUT2D eigenvalue weighted by Gasteiger charge is 2.15. The highest BCUT2D eigenvalue weighted by Crippen LogP contribution is 2.14. The van der Waals surface area contributed by atoms with Crippen molar-refractivity contribution in [1.29, 1.82) is 0 Å². The zero-order valence-electron chi connectivity index (χ0n) is 14.4. The van der Waals surface area contributed by atoms with E-state index in [9.17, 15) is 9.59 Å². The predicted molar refractivity (Wildman–Crippen MR) is 83.9 cm³/mol. The Labute approximate surface area is 129 Å². The number of hydrogen-bond donors (Lipinski definition) is 0. The smallest absolute Gasteiger partial charge is 0.306 e. The fourth-order valence-corrected chi connectivity index (χ4v) is 1.75. The lowest BCUT2D eigenvalue weighted by atomic mass is 9.99. The van der Waals surface area contributed by atoms with Gasteiger partial charge in [-0.3, -0.25) is 9.59 Å². The van der Waals surface area contributed by atoms with Crippen molar-refractivity contribution in [1.82, 2.24) is 0 Å². The molecule has 124 valence electrons. The predicted octanol–water partition coefficient (Wildman–Crippen LogP) is 4.12. The number of esters is 2. The van der Waals surface area contributed by atoms with E-state index in [0.717, 1.165) is 25.7 Å². The van der Waals surface area contributed by atoms with Gasteiger partial charge in [0.25, 0.3) is 0 Å². The minimum absolute atomic E-state index is 0.0518. The van der Waals surface area contributed by atoms with Crippen LogP contribution in [-0.4, -0.2) is 25.2 Å². The van der Waals surface area contributed by atoms with E-state index in [1.807, 2.05) is 20.8 Å². The summed E-state index contributed by atoms with van der Waals surface area (Å²) in [6.45, 7) is 11.1. The lowest BCUT2D eigenvalue weighted by Gasteiger charge is -2.17. The van der Waals surface area contributed by atoms with E-state index < -0.39 is 0 Å². The lowest BCUT2D eigenvalue weighted by Crippen LogP contribution is -2.19. The monoisotopic (exact) mass is 300 g/mol. The Morgan fingerprint density at radius 3 is 2.05 bits per heavy atom. The number of ether oxygens (including phenoxy) is 2. The van der Waals surface area contributed by atoms with Gasteiger partial charge in [-0.1, -0.05) is 53.9 Å². The molecule has 0 aliphatic carbocycles. The van der Waals surface area contributed by atoms with Gasteiger partial charge in [-0.15, -0.1) is 0 Å². The Bertz CT molecular complexity index is 304. The minimum atomic E-state index is -0.333. The number of carbonyl (C=O) groups is 2. The van der Waals surface area contributed by atoms with Crippen molar-refractivity contribution in [2.24, 2.45) is 11.3 Å². The molecule has 1 atom stereocenters. The summed E-state index contributed by atoms with van der Waals surface area (Å²) in [6, 6.07) is 0. The first-order valence-electron chi connectivity index (χ1n) is 8.09. The number of unbranched alkanes of at least 4 members (excludes halogenated alkanes) is 1. The molecular weight excluding hydrogens is 268 g/mol. The summed E-state index contributed by atoms with van der Waals surface area (Å²) in [6.07, 6.45) is 4.63. The van der Waals surface area contributed by atoms with E-state index in [2.05, 4.69) is 13.8 Å². The van der Waals surface area contributed by atoms with Gasteiger partial charge >= 0.3 is 11.9 Å². The normalized spacial score (nSPS) is 12.8. The van der Waals surface area contributed by atoms with Crippen molar-refractivity contribution in [3.63, 3.8) is 0 Å². The third kappa shape index (κ3) is 12.4. The third-order valence-electron chi connectivity index (χ3n) is 3.22. The highest BCUT2D eigenvalue weighted by molar-refractivity contribution is 5.77. The van der Waals surface area contributed by atoms with Gasteiger partial charge in [-0.25, -0.2) is 0 Å². The molecular formula is C17H32O4. The Morgan fingerprint density at radius 1 is 1.00 bits per heavy atom. The second kappa shape index (κ2) is 10.6. The van der Waals surface area contributed by atoms with Crippen LogP contribution in [0.4, 0.5) is 0 Å². The van der Waals surface area contributed by atoms with Gasteiger partial charge in [0.2, 0.25) is 0 Å². The summed E-state index contributed by atoms with van der Waals surface area (Å²) >= 11 is 0. The molecule has 0 saturated heterocycles. The molecule has 0 amide bonds. The molecule has 0 aromatic carbocycles. The molecule has 4 nitrogen and oxygen atoms in total. The Morgan fingerprint density at radius 2 is 1.57 bits per heavy atom. The number of hydrogen-bond acceptors (Lipinski definition) is 4. The molecule has 0 saturated carbocycles. The average Bonchev–Trinajstić information content (AvgIpc) is 2.42. The second-order valence-electron chi connectivity index (χ2n) is 6.82. The van der Waals surface area contributed by atoms with Crippen LogP contribution in [0.25, 0.3) is 0 Å². The molecule has 21 heavy (non-hydrogen) atoms. The Hall–Kier alpha value is -1.06. The molecule has 0 radical (unpaired) electrons. The minimum Gasteiger partial charge on any atom is -0.465 e. The first kappa shape index (κ1) is 19.9. The molecule has 4 heteroatoms. The van der Waals surface area contributed by atoms with E-state index in [1.165, 1.54) is 0 Å². The van der Waals surface area contributed by atoms with Crippen LogP contribution in [0.5, 0.6) is 0 Å². The Balaban J connectivity index is 3.81. The van der Waals surface area contributed by atoms with Crippen LogP contribution in [0.1, 0.15) is 73.1 Å². The summed E-state index contributed by atoms with van der Waals surface area (Å²) in [5.74, 6) is -0.209. The molecule has 0 heterocycles. The quantitative estimate of drug-likeness (QED) is 0.570. The largest absolute Gasteiger partial charge is 0.465 e. The fourth-order valence-electron chi connectivity index (χ4n) is 1.75. The summed E-state index contributed by atoms with van der Waals surface area (Å²) in [5, 5.41) is 0. The molecule has 0 fully saturated rings. The maximum absolute atomic E-state index is 11.6. The van der Waals surface area contributed by atoms with Gasteiger partial charge in [0.05, 0.1) is 26.1 Å². The zero-order chi connectivity index (χ0) is 16.3. The van der Waals surface area contributed by atoms with Crippen molar-refractivity contribution >= 4 is 11.9 Å². The Kier molecular flexibility index (Phi) is 10.1. The van der Waals surface area contributed by atoms with Crippen LogP contribution in [0.2, 0.25) is 0 Å². The molecule has 0 aromatic rings. The molecule has 0 spiro atoms. The first-order chi connectivity index (χ1) is 9.78. The standard InChI is InChI=1S/C17H32O4/c1-6-8-9-14(7-2)12-20-15(18)10-11-16(19)21-13-17(3,4)5/h14H,6-13H2,1-5H3. The van der Waals surface area contributed by atoms with Gasteiger partial charge in [0.15, 0.2) is 0 Å². The molecule has 0 aliphatic heterocycles. The van der Waals surface area contributed by atoms with Crippen molar-refractivity contribution in [2.75, 3.05) is 13.2 Å². The highest BCUT2D eigenvalue weighted by atomic mass is 16.5. The lowest BCUT2D eigenvalue weighted by molar-refractivity contribution is -0.152. The SMILES string of the molecule is CCCCC(CC)COC(=O)CCC(=O)OCC(C)(C)C. The maximum Gasteiger partial charge on any atom is 0.306 e. The molecule has 0 bridgehead atoms. The van der Waals surface area contributed by atoms with E-state index in [1.54, 1.807) is 0 Å². The summed E-state index contributed by atoms with van der Waals surface area (Å²) in [5.41, 5.74) is -0.0518. The van der Waals surface area contributed by atoms with Crippen molar-refractivity contribution in [3.05, 3.63) is 0 Å². The van der Waals surface area contributed by atoms with Crippen LogP contribution < -0.4 is 0 Å². The number of carbonyl (C=O) groups excluding carboxylic acids is 2. The average molecular weight is 300 g/mol. The molecule has 0 rings (SSSR count). The zero-order valence-corrected chi connectivity index (χ0v) is 14.4. The van der Waals surface area contributed by atoms with Crippen LogP contribution >= 0.6 is 0 Å². The van der Waals surface area contributed by atoms with Crippen LogP contribution in [0.3, 0.4) is 0 Å². The topological polar surface area (TPSA) is 52.6 Å². The van der Waals surface area contributed by atoms with E-state index in [0.29, 0.717) is 19.1 Å². The molecule has 0 aromatic heterocycles. The summed E-state index contributed by atoms with van der Waals surface area (Å²) in [4.78, 5) is 23.1. The molecule has 0 N–H and O–H groups in total. The summed E-state index contributed by atoms with van der Waals surface area (Å²) in [7, 11) is 0. The summed E-state index contributed by atoms with van der Waals surface area (Å²) < 4.78 is 10.4. The van der Waals surface area contributed by atoms with Gasteiger partial charge in [0.1, 0.15) is 0 Å². The second-order valence-corrected chi connectivity index (χ2v) is 6.82. The van der Waals surface area contributed by atoms with Crippen molar-refractivity contribution in [2.45, 2.75) is 73.1 Å². The van der Waals surface area contributed by atoms with Gasteiger partial charge in [0, 0.05) is 0 Å². The van der Waals surface area contributed by atoms with E-state index in [-0.39, 0.29) is 30.2 Å². The maximum atomic E-state index is 11.6. The van der Waals surface area contributed by atoms with Gasteiger partial charge in [-0.2, -0.15) is 0 Å². The van der Waals surface area contributed by atoms with Crippen molar-refractivity contribution < 1.29 is 19.1 Å². The first-order valence-corrected chi connectivity index (χ1v) is 8.09. The van der Waals surface area contributed by atoms with Crippen LogP contribution in [0, 0.1) is 11.3 Å². The fraction of sp³-hybridized carbons (Fsp3) is 0.882.